The van der Waals surface area contributed by atoms with Crippen molar-refractivity contribution in [1.82, 2.24) is 20.1 Å². The number of halogens is 1. The van der Waals surface area contributed by atoms with Gasteiger partial charge in [0.25, 0.3) is 0 Å². The van der Waals surface area contributed by atoms with Crippen molar-refractivity contribution in [3.05, 3.63) is 53.3 Å². The largest absolute Gasteiger partial charge is 0.310 e. The van der Waals surface area contributed by atoms with E-state index in [4.69, 9.17) is 11.6 Å². The van der Waals surface area contributed by atoms with E-state index in [1.807, 2.05) is 41.2 Å². The van der Waals surface area contributed by atoms with E-state index in [9.17, 15) is 0 Å². The Morgan fingerprint density at radius 2 is 2.05 bits per heavy atom. The molecule has 4 nitrogen and oxygen atoms in total. The predicted molar refractivity (Wildman–Crippen MR) is 85.9 cm³/mol. The van der Waals surface area contributed by atoms with Gasteiger partial charge in [0.15, 0.2) is 5.82 Å². The summed E-state index contributed by atoms with van der Waals surface area (Å²) in [5.74, 6) is 0.779. The number of pyridine rings is 1. The standard InChI is InChI=1S/C16H17ClN4/c1-11(2)18-8-13-7-16(19-10-14(13)17)21-15-6-4-3-5-12(15)9-20-21/h3-7,9-11,18H,8H2,1-2H3. The fraction of sp³-hybridized carbons (Fsp3) is 0.250. The second-order valence-corrected chi connectivity index (χ2v) is 5.69. The topological polar surface area (TPSA) is 42.7 Å². The van der Waals surface area contributed by atoms with E-state index in [1.54, 1.807) is 6.20 Å². The van der Waals surface area contributed by atoms with Crippen LogP contribution in [0.3, 0.4) is 0 Å². The maximum Gasteiger partial charge on any atom is 0.154 e. The Balaban J connectivity index is 2.00. The van der Waals surface area contributed by atoms with Gasteiger partial charge < -0.3 is 5.32 Å². The predicted octanol–water partition coefficient (Wildman–Crippen LogP) is 3.57. The van der Waals surface area contributed by atoms with E-state index in [1.165, 1.54) is 0 Å². The number of nitrogens with zero attached hydrogens (tertiary/aromatic N) is 3. The molecule has 0 radical (unpaired) electrons. The molecule has 3 rings (SSSR count). The summed E-state index contributed by atoms with van der Waals surface area (Å²) >= 11 is 6.23. The molecule has 21 heavy (non-hydrogen) atoms. The van der Waals surface area contributed by atoms with E-state index in [0.29, 0.717) is 17.6 Å². The highest BCUT2D eigenvalue weighted by Crippen LogP contribution is 2.21. The van der Waals surface area contributed by atoms with E-state index >= 15 is 0 Å². The molecule has 0 unspecified atom stereocenters. The number of fused-ring (bicyclic) bond motifs is 1. The molecule has 0 aliphatic heterocycles. The van der Waals surface area contributed by atoms with Crippen molar-refractivity contribution in [1.29, 1.82) is 0 Å². The molecule has 2 aromatic heterocycles. The summed E-state index contributed by atoms with van der Waals surface area (Å²) < 4.78 is 1.84. The van der Waals surface area contributed by atoms with Gasteiger partial charge in [-0.1, -0.05) is 43.6 Å². The van der Waals surface area contributed by atoms with Crippen LogP contribution in [0.25, 0.3) is 16.7 Å². The van der Waals surface area contributed by atoms with Crippen LogP contribution in [0, 0.1) is 0 Å². The summed E-state index contributed by atoms with van der Waals surface area (Å²) in [5.41, 5.74) is 2.06. The monoisotopic (exact) mass is 300 g/mol. The first kappa shape index (κ1) is 14.0. The fourth-order valence-corrected chi connectivity index (χ4v) is 2.36. The van der Waals surface area contributed by atoms with Crippen LogP contribution in [-0.2, 0) is 6.54 Å². The SMILES string of the molecule is CC(C)NCc1cc(-n2ncc3ccccc32)ncc1Cl. The van der Waals surface area contributed by atoms with Crippen LogP contribution in [0.15, 0.2) is 42.7 Å². The molecule has 108 valence electrons. The molecule has 0 bridgehead atoms. The van der Waals surface area contributed by atoms with Crippen LogP contribution >= 0.6 is 11.6 Å². The van der Waals surface area contributed by atoms with E-state index in [2.05, 4.69) is 29.2 Å². The van der Waals surface area contributed by atoms with Crippen LogP contribution in [-0.4, -0.2) is 20.8 Å². The van der Waals surface area contributed by atoms with Gasteiger partial charge in [-0.25, -0.2) is 9.67 Å². The Morgan fingerprint density at radius 1 is 1.24 bits per heavy atom. The molecule has 0 saturated carbocycles. The average Bonchev–Trinajstić information content (AvgIpc) is 2.90. The van der Waals surface area contributed by atoms with Gasteiger partial charge in [0.2, 0.25) is 0 Å². The van der Waals surface area contributed by atoms with Gasteiger partial charge in [-0.05, 0) is 17.7 Å². The van der Waals surface area contributed by atoms with Crippen LogP contribution in [0.4, 0.5) is 0 Å². The normalized spacial score (nSPS) is 11.4. The zero-order valence-corrected chi connectivity index (χ0v) is 12.8. The fourth-order valence-electron chi connectivity index (χ4n) is 2.19. The highest BCUT2D eigenvalue weighted by Gasteiger charge is 2.09. The van der Waals surface area contributed by atoms with Gasteiger partial charge in [0, 0.05) is 24.2 Å². The third kappa shape index (κ3) is 2.91. The lowest BCUT2D eigenvalue weighted by atomic mass is 10.2. The van der Waals surface area contributed by atoms with Gasteiger partial charge in [0.1, 0.15) is 0 Å². The van der Waals surface area contributed by atoms with Gasteiger partial charge in [0.05, 0.1) is 16.7 Å². The highest BCUT2D eigenvalue weighted by molar-refractivity contribution is 6.31. The van der Waals surface area contributed by atoms with Crippen LogP contribution in [0.5, 0.6) is 0 Å². The number of para-hydroxylation sites is 1. The molecule has 0 aliphatic rings. The maximum absolute atomic E-state index is 6.23. The Hall–Kier alpha value is -1.91. The van der Waals surface area contributed by atoms with Crippen molar-refractivity contribution >= 4 is 22.5 Å². The first-order valence-electron chi connectivity index (χ1n) is 6.96. The second kappa shape index (κ2) is 5.84. The highest BCUT2D eigenvalue weighted by atomic mass is 35.5. The number of benzene rings is 1. The Labute approximate surface area is 128 Å². The molecular formula is C16H17ClN4. The van der Waals surface area contributed by atoms with E-state index < -0.39 is 0 Å². The smallest absolute Gasteiger partial charge is 0.154 e. The summed E-state index contributed by atoms with van der Waals surface area (Å²) in [6.45, 7) is 4.93. The lowest BCUT2D eigenvalue weighted by Gasteiger charge is -2.11. The van der Waals surface area contributed by atoms with Crippen molar-refractivity contribution < 1.29 is 0 Å². The van der Waals surface area contributed by atoms with E-state index in [0.717, 1.165) is 22.3 Å². The quantitative estimate of drug-likeness (QED) is 0.801. The lowest BCUT2D eigenvalue weighted by Crippen LogP contribution is -2.22. The lowest BCUT2D eigenvalue weighted by molar-refractivity contribution is 0.588. The molecule has 0 fully saturated rings. The number of hydrogen-bond donors (Lipinski definition) is 1. The molecule has 0 atom stereocenters. The van der Waals surface area contributed by atoms with Crippen molar-refractivity contribution in [2.24, 2.45) is 0 Å². The zero-order valence-electron chi connectivity index (χ0n) is 12.0. The molecule has 1 N–H and O–H groups in total. The summed E-state index contributed by atoms with van der Waals surface area (Å²) in [6.07, 6.45) is 3.53. The van der Waals surface area contributed by atoms with Gasteiger partial charge >= 0.3 is 0 Å². The van der Waals surface area contributed by atoms with Crippen molar-refractivity contribution in [2.75, 3.05) is 0 Å². The molecule has 0 aliphatic carbocycles. The molecule has 5 heteroatoms. The third-order valence-electron chi connectivity index (χ3n) is 3.32. The van der Waals surface area contributed by atoms with Crippen LogP contribution in [0.2, 0.25) is 5.02 Å². The maximum atomic E-state index is 6.23. The number of aromatic nitrogens is 3. The molecule has 0 amide bonds. The van der Waals surface area contributed by atoms with Crippen molar-refractivity contribution in [2.45, 2.75) is 26.4 Å². The first-order chi connectivity index (χ1) is 10.1. The van der Waals surface area contributed by atoms with Crippen molar-refractivity contribution in [3.63, 3.8) is 0 Å². The van der Waals surface area contributed by atoms with Crippen LogP contribution < -0.4 is 5.32 Å². The summed E-state index contributed by atoms with van der Waals surface area (Å²) in [7, 11) is 0. The molecule has 0 saturated heterocycles. The Kier molecular flexibility index (Phi) is 3.90. The molecular weight excluding hydrogens is 284 g/mol. The van der Waals surface area contributed by atoms with Gasteiger partial charge in [-0.15, -0.1) is 0 Å². The molecule has 0 spiro atoms. The minimum Gasteiger partial charge on any atom is -0.310 e. The second-order valence-electron chi connectivity index (χ2n) is 5.28. The Morgan fingerprint density at radius 3 is 2.86 bits per heavy atom. The Bertz CT molecular complexity index is 764. The summed E-state index contributed by atoms with van der Waals surface area (Å²) in [4.78, 5) is 4.40. The molecule has 3 aromatic rings. The molecule has 2 heterocycles. The zero-order chi connectivity index (χ0) is 14.8. The minimum atomic E-state index is 0.406. The number of hydrogen-bond acceptors (Lipinski definition) is 3. The molecule has 1 aromatic carbocycles. The third-order valence-corrected chi connectivity index (χ3v) is 3.66. The first-order valence-corrected chi connectivity index (χ1v) is 7.34. The number of rotatable bonds is 4. The van der Waals surface area contributed by atoms with Crippen molar-refractivity contribution in [3.8, 4) is 5.82 Å². The average molecular weight is 301 g/mol. The van der Waals surface area contributed by atoms with Gasteiger partial charge in [-0.2, -0.15) is 5.10 Å². The minimum absolute atomic E-state index is 0.406. The van der Waals surface area contributed by atoms with Gasteiger partial charge in [-0.3, -0.25) is 0 Å². The summed E-state index contributed by atoms with van der Waals surface area (Å²) in [5, 5.41) is 9.56. The van der Waals surface area contributed by atoms with Crippen LogP contribution in [0.1, 0.15) is 19.4 Å². The number of nitrogens with one attached hydrogen (secondary N) is 1. The summed E-state index contributed by atoms with van der Waals surface area (Å²) in [6, 6.07) is 10.5. The van der Waals surface area contributed by atoms with E-state index in [-0.39, 0.29) is 0 Å².